The molecule has 1 unspecified atom stereocenters. The van der Waals surface area contributed by atoms with Crippen LogP contribution in [0.4, 0.5) is 5.69 Å². The number of rotatable bonds is 2. The van der Waals surface area contributed by atoms with E-state index in [4.69, 9.17) is 0 Å². The molecule has 20 heavy (non-hydrogen) atoms. The van der Waals surface area contributed by atoms with Crippen molar-refractivity contribution in [3.8, 4) is 0 Å². The van der Waals surface area contributed by atoms with E-state index in [0.717, 1.165) is 11.4 Å². The SMILES string of the molecule is Cc1ccc(N/C=C2/SC3C=CC=CC3=NC2=O)cc1. The summed E-state index contributed by atoms with van der Waals surface area (Å²) in [5, 5.41) is 3.29. The second-order valence-electron chi connectivity index (χ2n) is 4.64. The molecule has 0 fully saturated rings. The van der Waals surface area contributed by atoms with Gasteiger partial charge in [-0.2, -0.15) is 0 Å². The number of nitrogens with one attached hydrogen (secondary N) is 1. The lowest BCUT2D eigenvalue weighted by molar-refractivity contribution is -0.113. The van der Waals surface area contributed by atoms with E-state index in [-0.39, 0.29) is 11.2 Å². The van der Waals surface area contributed by atoms with Gasteiger partial charge >= 0.3 is 0 Å². The third-order valence-corrected chi connectivity index (χ3v) is 4.27. The predicted molar refractivity (Wildman–Crippen MR) is 85.0 cm³/mol. The molecule has 100 valence electrons. The maximum absolute atomic E-state index is 11.9. The van der Waals surface area contributed by atoms with Crippen LogP contribution in [-0.4, -0.2) is 16.9 Å². The molecular weight excluding hydrogens is 268 g/mol. The van der Waals surface area contributed by atoms with Crippen LogP contribution in [0.15, 0.2) is 64.7 Å². The van der Waals surface area contributed by atoms with E-state index >= 15 is 0 Å². The van der Waals surface area contributed by atoms with Gasteiger partial charge in [-0.25, -0.2) is 4.99 Å². The third kappa shape index (κ3) is 2.75. The van der Waals surface area contributed by atoms with E-state index < -0.39 is 0 Å². The molecule has 0 saturated carbocycles. The Balaban J connectivity index is 1.77. The van der Waals surface area contributed by atoms with Crippen LogP contribution in [0.5, 0.6) is 0 Å². The van der Waals surface area contributed by atoms with Crippen LogP contribution in [0.1, 0.15) is 5.56 Å². The number of benzene rings is 1. The van der Waals surface area contributed by atoms with Crippen molar-refractivity contribution in [3.63, 3.8) is 0 Å². The van der Waals surface area contributed by atoms with Crippen LogP contribution in [0.3, 0.4) is 0 Å². The van der Waals surface area contributed by atoms with Gasteiger partial charge in [0.1, 0.15) is 0 Å². The molecule has 0 radical (unpaired) electrons. The number of amides is 1. The number of hydrogen-bond acceptors (Lipinski definition) is 3. The Morgan fingerprint density at radius 1 is 1.25 bits per heavy atom. The van der Waals surface area contributed by atoms with Gasteiger partial charge in [-0.3, -0.25) is 4.79 Å². The van der Waals surface area contributed by atoms with Crippen LogP contribution in [0.25, 0.3) is 0 Å². The monoisotopic (exact) mass is 282 g/mol. The molecular formula is C16H14N2OS. The number of allylic oxidation sites excluding steroid dienone is 3. The molecule has 1 N–H and O–H groups in total. The highest BCUT2D eigenvalue weighted by atomic mass is 32.2. The van der Waals surface area contributed by atoms with Gasteiger partial charge in [-0.05, 0) is 25.1 Å². The zero-order valence-corrected chi connectivity index (χ0v) is 11.9. The summed E-state index contributed by atoms with van der Waals surface area (Å²) in [6, 6.07) is 8.04. The summed E-state index contributed by atoms with van der Waals surface area (Å²) in [7, 11) is 0. The first-order valence-corrected chi connectivity index (χ1v) is 7.28. The second-order valence-corrected chi connectivity index (χ2v) is 5.83. The van der Waals surface area contributed by atoms with Crippen LogP contribution in [-0.2, 0) is 4.79 Å². The van der Waals surface area contributed by atoms with Crippen molar-refractivity contribution in [2.24, 2.45) is 4.99 Å². The van der Waals surface area contributed by atoms with Crippen molar-refractivity contribution in [1.82, 2.24) is 0 Å². The summed E-state index contributed by atoms with van der Waals surface area (Å²) < 4.78 is 0. The maximum atomic E-state index is 11.9. The fourth-order valence-electron chi connectivity index (χ4n) is 1.97. The molecule has 1 heterocycles. The van der Waals surface area contributed by atoms with E-state index in [9.17, 15) is 4.79 Å². The Morgan fingerprint density at radius 2 is 2.05 bits per heavy atom. The summed E-state index contributed by atoms with van der Waals surface area (Å²) in [5.41, 5.74) is 3.00. The summed E-state index contributed by atoms with van der Waals surface area (Å²) in [4.78, 5) is 16.7. The lowest BCUT2D eigenvalue weighted by Gasteiger charge is -2.20. The predicted octanol–water partition coefficient (Wildman–Crippen LogP) is 3.46. The van der Waals surface area contributed by atoms with E-state index in [1.54, 1.807) is 6.20 Å². The standard InChI is InChI=1S/C16H14N2OS/c1-11-6-8-12(9-7-11)17-10-15-16(19)18-13-4-2-3-5-14(13)20-15/h2-10,14,17H,1H3/b15-10+. The second kappa shape index (κ2) is 5.51. The number of fused-ring (bicyclic) bond motifs is 1. The zero-order valence-electron chi connectivity index (χ0n) is 11.0. The summed E-state index contributed by atoms with van der Waals surface area (Å²) >= 11 is 1.53. The van der Waals surface area contributed by atoms with E-state index in [2.05, 4.69) is 16.4 Å². The molecule has 3 rings (SSSR count). The van der Waals surface area contributed by atoms with Crippen molar-refractivity contribution in [3.05, 3.63) is 65.2 Å². The number of aryl methyl sites for hydroxylation is 1. The number of hydrogen-bond donors (Lipinski definition) is 1. The van der Waals surface area contributed by atoms with Crippen molar-refractivity contribution in [2.75, 3.05) is 5.32 Å². The molecule has 0 saturated heterocycles. The quantitative estimate of drug-likeness (QED) is 0.845. The lowest BCUT2D eigenvalue weighted by atomic mass is 10.1. The molecule has 1 aromatic rings. The van der Waals surface area contributed by atoms with Gasteiger partial charge in [-0.1, -0.05) is 35.9 Å². The zero-order chi connectivity index (χ0) is 13.9. The van der Waals surface area contributed by atoms with Crippen LogP contribution in [0, 0.1) is 6.92 Å². The molecule has 1 amide bonds. The Kier molecular flexibility index (Phi) is 3.56. The number of aliphatic imine (C=N–C) groups is 1. The highest BCUT2D eigenvalue weighted by Crippen LogP contribution is 2.31. The number of nitrogens with zero attached hydrogens (tertiary/aromatic N) is 1. The number of carbonyl (C=O) groups excluding carboxylic acids is 1. The molecule has 0 bridgehead atoms. The Bertz CT molecular complexity index is 654. The Labute approximate surface area is 122 Å². The largest absolute Gasteiger partial charge is 0.360 e. The highest BCUT2D eigenvalue weighted by Gasteiger charge is 2.25. The smallest absolute Gasteiger partial charge is 0.285 e. The van der Waals surface area contributed by atoms with Gasteiger partial charge in [-0.15, -0.1) is 11.8 Å². The number of thioether (sulfide) groups is 1. The molecule has 1 aromatic carbocycles. The van der Waals surface area contributed by atoms with Crippen molar-refractivity contribution >= 4 is 29.1 Å². The fraction of sp³-hybridized carbons (Fsp3) is 0.125. The summed E-state index contributed by atoms with van der Waals surface area (Å²) in [5.74, 6) is -0.180. The molecule has 2 aliphatic rings. The van der Waals surface area contributed by atoms with Gasteiger partial charge < -0.3 is 5.32 Å². The first-order chi connectivity index (χ1) is 9.72. The van der Waals surface area contributed by atoms with Gasteiger partial charge in [0, 0.05) is 11.9 Å². The van der Waals surface area contributed by atoms with Gasteiger partial charge in [0.2, 0.25) is 0 Å². The average molecular weight is 282 g/mol. The molecule has 1 aliphatic heterocycles. The van der Waals surface area contributed by atoms with Gasteiger partial charge in [0.05, 0.1) is 15.9 Å². The summed E-state index contributed by atoms with van der Waals surface area (Å²) in [6.45, 7) is 2.04. The first-order valence-electron chi connectivity index (χ1n) is 6.40. The molecule has 4 heteroatoms. The van der Waals surface area contributed by atoms with Crippen molar-refractivity contribution in [1.29, 1.82) is 0 Å². The third-order valence-electron chi connectivity index (χ3n) is 3.07. The fourth-order valence-corrected chi connectivity index (χ4v) is 2.94. The van der Waals surface area contributed by atoms with Crippen molar-refractivity contribution in [2.45, 2.75) is 12.2 Å². The topological polar surface area (TPSA) is 41.5 Å². The highest BCUT2D eigenvalue weighted by molar-refractivity contribution is 8.05. The van der Waals surface area contributed by atoms with Crippen LogP contribution >= 0.6 is 11.8 Å². The molecule has 1 atom stereocenters. The normalized spacial score (nSPS) is 22.6. The van der Waals surface area contributed by atoms with Gasteiger partial charge in [0.15, 0.2) is 0 Å². The Morgan fingerprint density at radius 3 is 2.85 bits per heavy atom. The minimum absolute atomic E-state index is 0.142. The van der Waals surface area contributed by atoms with Crippen LogP contribution in [0.2, 0.25) is 0 Å². The summed E-state index contributed by atoms with van der Waals surface area (Å²) in [6.07, 6.45) is 9.57. The maximum Gasteiger partial charge on any atom is 0.285 e. The minimum atomic E-state index is -0.180. The molecule has 0 spiro atoms. The molecule has 3 nitrogen and oxygen atoms in total. The van der Waals surface area contributed by atoms with E-state index in [1.165, 1.54) is 17.3 Å². The van der Waals surface area contributed by atoms with E-state index in [0.29, 0.717) is 4.91 Å². The van der Waals surface area contributed by atoms with Gasteiger partial charge in [0.25, 0.3) is 5.91 Å². The first kappa shape index (κ1) is 12.9. The van der Waals surface area contributed by atoms with Crippen molar-refractivity contribution < 1.29 is 4.79 Å². The molecule has 1 aliphatic carbocycles. The Hall–Kier alpha value is -2.07. The lowest BCUT2D eigenvalue weighted by Crippen LogP contribution is -2.22. The van der Waals surface area contributed by atoms with Crippen LogP contribution < -0.4 is 5.32 Å². The number of carbonyl (C=O) groups is 1. The minimum Gasteiger partial charge on any atom is -0.360 e. The van der Waals surface area contributed by atoms with E-state index in [1.807, 2.05) is 49.4 Å². The number of anilines is 1. The molecule has 0 aromatic heterocycles. The average Bonchev–Trinajstić information content (AvgIpc) is 2.47.